The molecule has 1 amide bonds. The van der Waals surface area contributed by atoms with E-state index in [1.807, 2.05) is 13.0 Å². The van der Waals surface area contributed by atoms with E-state index in [0.29, 0.717) is 22.8 Å². The lowest BCUT2D eigenvalue weighted by Gasteiger charge is -2.12. The molecule has 3 aromatic rings. The zero-order valence-electron chi connectivity index (χ0n) is 15.0. The summed E-state index contributed by atoms with van der Waals surface area (Å²) in [5, 5.41) is 10.4. The smallest absolute Gasteiger partial charge is 0.284 e. The van der Waals surface area contributed by atoms with Gasteiger partial charge in [-0.25, -0.2) is 9.37 Å². The van der Waals surface area contributed by atoms with E-state index in [4.69, 9.17) is 4.74 Å². The lowest BCUT2D eigenvalue weighted by molar-refractivity contribution is -0.114. The van der Waals surface area contributed by atoms with Gasteiger partial charge in [0.15, 0.2) is 5.83 Å². The Bertz CT molecular complexity index is 1000. The number of aromatic nitrogens is 3. The van der Waals surface area contributed by atoms with Gasteiger partial charge in [0.2, 0.25) is 5.88 Å². The van der Waals surface area contributed by atoms with Gasteiger partial charge in [-0.2, -0.15) is 5.10 Å². The van der Waals surface area contributed by atoms with Crippen molar-refractivity contribution in [3.63, 3.8) is 0 Å². The molecule has 2 N–H and O–H groups in total. The van der Waals surface area contributed by atoms with Crippen molar-refractivity contribution in [1.29, 1.82) is 0 Å². The molecule has 6 nitrogen and oxygen atoms in total. The molecule has 134 valence electrons. The van der Waals surface area contributed by atoms with Crippen LogP contribution in [0.5, 0.6) is 5.88 Å². The number of nitrogens with one attached hydrogen (secondary N) is 2. The number of H-pyrrole nitrogens is 1. The second-order valence-corrected chi connectivity index (χ2v) is 6.00. The number of hydrogen-bond donors (Lipinski definition) is 2. The van der Waals surface area contributed by atoms with Crippen LogP contribution in [-0.4, -0.2) is 28.2 Å². The minimum atomic E-state index is -0.887. The Kier molecular flexibility index (Phi) is 4.71. The predicted octanol–water partition coefficient (Wildman–Crippen LogP) is 3.84. The third kappa shape index (κ3) is 3.28. The highest BCUT2D eigenvalue weighted by molar-refractivity contribution is 6.06. The number of nitrogens with zero attached hydrogens (tertiary/aromatic N) is 2. The van der Waals surface area contributed by atoms with E-state index in [9.17, 15) is 9.18 Å². The molecule has 0 atom stereocenters. The molecular weight excluding hydrogens is 335 g/mol. The maximum absolute atomic E-state index is 14.5. The van der Waals surface area contributed by atoms with E-state index in [1.54, 1.807) is 32.2 Å². The third-order valence-electron chi connectivity index (χ3n) is 4.24. The van der Waals surface area contributed by atoms with E-state index in [2.05, 4.69) is 20.5 Å². The molecule has 0 aliphatic carbocycles. The summed E-state index contributed by atoms with van der Waals surface area (Å²) in [6.45, 7) is 5.37. The van der Waals surface area contributed by atoms with Crippen molar-refractivity contribution in [2.45, 2.75) is 20.8 Å². The Hall–Kier alpha value is -3.22. The van der Waals surface area contributed by atoms with Gasteiger partial charge in [-0.15, -0.1) is 0 Å². The number of aryl methyl sites for hydroxylation is 3. The first-order valence-corrected chi connectivity index (χ1v) is 8.04. The van der Waals surface area contributed by atoms with Crippen LogP contribution < -0.4 is 10.1 Å². The highest BCUT2D eigenvalue weighted by atomic mass is 19.1. The van der Waals surface area contributed by atoms with Crippen LogP contribution in [0.1, 0.15) is 22.4 Å². The van der Waals surface area contributed by atoms with E-state index < -0.39 is 11.7 Å². The standard InChI is InChI=1S/C19H19FN4O2/c1-10-7-16(26-4)22-12(3)17(10)23-19(25)15(20)8-13-5-6-14-9-21-24-18(14)11(13)2/h5-9H,1-4H3,(H,21,24)(H,23,25)/b15-8-. The van der Waals surface area contributed by atoms with Crippen LogP contribution in [0.3, 0.4) is 0 Å². The fourth-order valence-electron chi connectivity index (χ4n) is 2.79. The summed E-state index contributed by atoms with van der Waals surface area (Å²) in [6.07, 6.45) is 2.91. The number of carbonyl (C=O) groups excluding carboxylic acids is 1. The molecule has 0 saturated carbocycles. The molecule has 0 aliphatic heterocycles. The van der Waals surface area contributed by atoms with Crippen molar-refractivity contribution in [2.75, 3.05) is 12.4 Å². The lowest BCUT2D eigenvalue weighted by Crippen LogP contribution is -2.14. The van der Waals surface area contributed by atoms with Crippen LogP contribution in [0.25, 0.3) is 17.0 Å². The highest BCUT2D eigenvalue weighted by Crippen LogP contribution is 2.25. The zero-order valence-corrected chi connectivity index (χ0v) is 15.0. The van der Waals surface area contributed by atoms with Gasteiger partial charge in [-0.3, -0.25) is 9.89 Å². The van der Waals surface area contributed by atoms with Gasteiger partial charge >= 0.3 is 0 Å². The Morgan fingerprint density at radius 3 is 2.77 bits per heavy atom. The topological polar surface area (TPSA) is 79.9 Å². The number of methoxy groups -OCH3 is 1. The van der Waals surface area contributed by atoms with Crippen molar-refractivity contribution < 1.29 is 13.9 Å². The van der Waals surface area contributed by atoms with E-state index in [0.717, 1.165) is 22.0 Å². The van der Waals surface area contributed by atoms with Crippen LogP contribution >= 0.6 is 0 Å². The molecule has 7 heteroatoms. The van der Waals surface area contributed by atoms with Crippen LogP contribution in [0.15, 0.2) is 30.2 Å². The molecule has 0 saturated heterocycles. The zero-order chi connectivity index (χ0) is 18.8. The number of halogens is 1. The number of rotatable bonds is 4. The Morgan fingerprint density at radius 1 is 1.31 bits per heavy atom. The number of anilines is 1. The normalized spacial score (nSPS) is 11.7. The number of aromatic amines is 1. The number of carbonyl (C=O) groups is 1. The first-order chi connectivity index (χ1) is 12.4. The summed E-state index contributed by atoms with van der Waals surface area (Å²) < 4.78 is 19.5. The third-order valence-corrected chi connectivity index (χ3v) is 4.24. The largest absolute Gasteiger partial charge is 0.481 e. The van der Waals surface area contributed by atoms with Crippen molar-refractivity contribution in [3.8, 4) is 5.88 Å². The highest BCUT2D eigenvalue weighted by Gasteiger charge is 2.15. The van der Waals surface area contributed by atoms with E-state index >= 15 is 0 Å². The van der Waals surface area contributed by atoms with Gasteiger partial charge < -0.3 is 10.1 Å². The molecule has 0 unspecified atom stereocenters. The molecule has 0 spiro atoms. The fraction of sp³-hybridized carbons (Fsp3) is 0.211. The minimum absolute atomic E-state index is 0.442. The quantitative estimate of drug-likeness (QED) is 0.698. The van der Waals surface area contributed by atoms with Gasteiger partial charge in [0.05, 0.1) is 30.2 Å². The van der Waals surface area contributed by atoms with Crippen molar-refractivity contribution >= 4 is 28.6 Å². The van der Waals surface area contributed by atoms with Gasteiger partial charge in [0, 0.05) is 11.5 Å². The maximum Gasteiger partial charge on any atom is 0.284 e. The number of benzene rings is 1. The molecule has 0 bridgehead atoms. The van der Waals surface area contributed by atoms with Crippen molar-refractivity contribution in [3.05, 3.63) is 52.6 Å². The summed E-state index contributed by atoms with van der Waals surface area (Å²) in [5.74, 6) is -1.27. The minimum Gasteiger partial charge on any atom is -0.481 e. The molecule has 26 heavy (non-hydrogen) atoms. The predicted molar refractivity (Wildman–Crippen MR) is 98.8 cm³/mol. The molecular formula is C19H19FN4O2. The first kappa shape index (κ1) is 17.6. The molecule has 0 aliphatic rings. The average molecular weight is 354 g/mol. The lowest BCUT2D eigenvalue weighted by atomic mass is 10.0. The number of fused-ring (bicyclic) bond motifs is 1. The monoisotopic (exact) mass is 354 g/mol. The Labute approximate surface area is 150 Å². The number of ether oxygens (including phenoxy) is 1. The Balaban J connectivity index is 1.87. The number of hydrogen-bond acceptors (Lipinski definition) is 4. The Morgan fingerprint density at radius 2 is 2.08 bits per heavy atom. The summed E-state index contributed by atoms with van der Waals surface area (Å²) in [5.41, 5.74) is 4.01. The van der Waals surface area contributed by atoms with Crippen molar-refractivity contribution in [1.82, 2.24) is 15.2 Å². The molecule has 0 radical (unpaired) electrons. The first-order valence-electron chi connectivity index (χ1n) is 8.04. The van der Waals surface area contributed by atoms with Crippen LogP contribution in [0.4, 0.5) is 10.1 Å². The average Bonchev–Trinajstić information content (AvgIpc) is 3.09. The van der Waals surface area contributed by atoms with Gasteiger partial charge in [-0.1, -0.05) is 12.1 Å². The van der Waals surface area contributed by atoms with Gasteiger partial charge in [-0.05, 0) is 43.5 Å². The molecule has 3 rings (SSSR count). The van der Waals surface area contributed by atoms with Crippen LogP contribution in [0.2, 0.25) is 0 Å². The number of pyridine rings is 1. The SMILES string of the molecule is COc1cc(C)c(NC(=O)/C(F)=C/c2ccc3cn[nH]c3c2C)c(C)n1. The summed E-state index contributed by atoms with van der Waals surface area (Å²) in [4.78, 5) is 16.5. The van der Waals surface area contributed by atoms with Crippen LogP contribution in [-0.2, 0) is 4.79 Å². The summed E-state index contributed by atoms with van der Waals surface area (Å²) in [6, 6.07) is 5.26. The van der Waals surface area contributed by atoms with Gasteiger partial charge in [0.1, 0.15) is 0 Å². The maximum atomic E-state index is 14.5. The molecule has 0 fully saturated rings. The van der Waals surface area contributed by atoms with Gasteiger partial charge in [0.25, 0.3) is 5.91 Å². The fourth-order valence-corrected chi connectivity index (χ4v) is 2.79. The molecule has 2 aromatic heterocycles. The molecule has 1 aromatic carbocycles. The summed E-state index contributed by atoms with van der Waals surface area (Å²) >= 11 is 0. The number of amides is 1. The second kappa shape index (κ2) is 6.95. The van der Waals surface area contributed by atoms with Crippen LogP contribution in [0, 0.1) is 20.8 Å². The van der Waals surface area contributed by atoms with E-state index in [1.165, 1.54) is 13.2 Å². The van der Waals surface area contributed by atoms with Crippen molar-refractivity contribution in [2.24, 2.45) is 0 Å². The van der Waals surface area contributed by atoms with E-state index in [-0.39, 0.29) is 0 Å². The second-order valence-electron chi connectivity index (χ2n) is 6.00. The molecule has 2 heterocycles. The summed E-state index contributed by atoms with van der Waals surface area (Å²) in [7, 11) is 1.51.